The molecule has 1 N–H and O–H groups in total. The number of hydrogen-bond acceptors (Lipinski definition) is 1. The average Bonchev–Trinajstić information content (AvgIpc) is 2.42. The molecule has 1 aliphatic rings. The third kappa shape index (κ3) is 1.31. The minimum absolute atomic E-state index is 0.0648. The van der Waals surface area contributed by atoms with Crippen molar-refractivity contribution in [1.29, 1.82) is 0 Å². The van der Waals surface area contributed by atoms with Crippen molar-refractivity contribution in [2.45, 2.75) is 32.7 Å². The highest BCUT2D eigenvalue weighted by Gasteiger charge is 2.25. The Morgan fingerprint density at radius 3 is 2.71 bits per heavy atom. The molecule has 2 rings (SSSR count). The van der Waals surface area contributed by atoms with E-state index in [0.29, 0.717) is 5.92 Å². The number of carbonyl (C=O) groups excluding carboxylic acids is 1. The van der Waals surface area contributed by atoms with Crippen LogP contribution in [0.1, 0.15) is 54.2 Å². The maximum atomic E-state index is 11.5. The van der Waals surface area contributed by atoms with Crippen molar-refractivity contribution in [2.75, 3.05) is 0 Å². The predicted molar refractivity (Wildman–Crippen MR) is 56.4 cm³/mol. The van der Waals surface area contributed by atoms with Crippen molar-refractivity contribution in [3.63, 3.8) is 0 Å². The Hall–Kier alpha value is -1.31. The number of fused-ring (bicyclic) bond motifs is 1. The van der Waals surface area contributed by atoms with Crippen LogP contribution in [0.3, 0.4) is 0 Å². The summed E-state index contributed by atoms with van der Waals surface area (Å²) in [5.41, 5.74) is 3.20. The van der Waals surface area contributed by atoms with E-state index in [1.165, 1.54) is 5.56 Å². The molecule has 1 aromatic carbocycles. The van der Waals surface area contributed by atoms with Gasteiger partial charge < -0.3 is 5.32 Å². The number of amides is 1. The topological polar surface area (TPSA) is 29.1 Å². The van der Waals surface area contributed by atoms with E-state index in [-0.39, 0.29) is 11.9 Å². The third-order valence-electron chi connectivity index (χ3n) is 2.80. The zero-order chi connectivity index (χ0) is 10.3. The van der Waals surface area contributed by atoms with Gasteiger partial charge in [-0.1, -0.05) is 26.0 Å². The highest BCUT2D eigenvalue weighted by molar-refractivity contribution is 5.99. The second-order valence-electron chi connectivity index (χ2n) is 4.20. The van der Waals surface area contributed by atoms with Gasteiger partial charge in [0.05, 0.1) is 6.04 Å². The first-order chi connectivity index (χ1) is 6.59. The lowest BCUT2D eigenvalue weighted by molar-refractivity contribution is 0.0958. The first-order valence-electron chi connectivity index (χ1n) is 5.04. The largest absolute Gasteiger partial charge is 0.345 e. The van der Waals surface area contributed by atoms with Crippen molar-refractivity contribution in [1.82, 2.24) is 5.32 Å². The quantitative estimate of drug-likeness (QED) is 0.723. The molecule has 0 fully saturated rings. The summed E-state index contributed by atoms with van der Waals surface area (Å²) in [6.45, 7) is 6.29. The molecule has 0 bridgehead atoms. The van der Waals surface area contributed by atoms with Gasteiger partial charge >= 0.3 is 0 Å². The Morgan fingerprint density at radius 2 is 2.07 bits per heavy atom. The summed E-state index contributed by atoms with van der Waals surface area (Å²) >= 11 is 0. The Morgan fingerprint density at radius 1 is 1.36 bits per heavy atom. The van der Waals surface area contributed by atoms with Crippen LogP contribution in [0.5, 0.6) is 0 Å². The van der Waals surface area contributed by atoms with Crippen LogP contribution >= 0.6 is 0 Å². The van der Waals surface area contributed by atoms with Gasteiger partial charge in [0.2, 0.25) is 0 Å². The van der Waals surface area contributed by atoms with E-state index < -0.39 is 0 Å². The molecule has 14 heavy (non-hydrogen) atoms. The van der Waals surface area contributed by atoms with Gasteiger partial charge in [0.1, 0.15) is 0 Å². The Balaban J connectivity index is 2.50. The van der Waals surface area contributed by atoms with Gasteiger partial charge in [-0.25, -0.2) is 0 Å². The summed E-state index contributed by atoms with van der Waals surface area (Å²) in [7, 11) is 0. The summed E-state index contributed by atoms with van der Waals surface area (Å²) in [6.07, 6.45) is 0. The lowest BCUT2D eigenvalue weighted by Gasteiger charge is -2.07. The van der Waals surface area contributed by atoms with Gasteiger partial charge in [0.15, 0.2) is 0 Å². The van der Waals surface area contributed by atoms with Crippen LogP contribution in [-0.2, 0) is 0 Å². The van der Waals surface area contributed by atoms with Gasteiger partial charge in [0, 0.05) is 5.56 Å². The molecular formula is C12H15NO. The van der Waals surface area contributed by atoms with E-state index in [2.05, 4.69) is 31.3 Å². The minimum Gasteiger partial charge on any atom is -0.345 e. The van der Waals surface area contributed by atoms with Gasteiger partial charge in [-0.05, 0) is 30.0 Å². The molecule has 0 aromatic heterocycles. The number of rotatable bonds is 1. The molecule has 1 amide bonds. The molecule has 74 valence electrons. The fourth-order valence-electron chi connectivity index (χ4n) is 1.86. The summed E-state index contributed by atoms with van der Waals surface area (Å²) < 4.78 is 0. The lowest BCUT2D eigenvalue weighted by atomic mass is 9.97. The predicted octanol–water partition coefficient (Wildman–Crippen LogP) is 2.61. The molecule has 1 aliphatic heterocycles. The second-order valence-corrected chi connectivity index (χ2v) is 4.20. The van der Waals surface area contributed by atoms with Gasteiger partial charge in [0.25, 0.3) is 5.91 Å². The van der Waals surface area contributed by atoms with Crippen LogP contribution in [0, 0.1) is 0 Å². The SMILES string of the molecule is CC(C)c1ccc2c(c1)C(=O)N[C@H]2C. The summed E-state index contributed by atoms with van der Waals surface area (Å²) in [4.78, 5) is 11.5. The highest BCUT2D eigenvalue weighted by Crippen LogP contribution is 2.27. The second kappa shape index (κ2) is 3.12. The van der Waals surface area contributed by atoms with Gasteiger partial charge in [-0.3, -0.25) is 4.79 Å². The Labute approximate surface area is 84.3 Å². The standard InChI is InChI=1S/C12H15NO/c1-7(2)9-4-5-10-8(3)13-12(14)11(10)6-9/h4-8H,1-3H3,(H,13,14)/t8-/m0/s1. The fourth-order valence-corrected chi connectivity index (χ4v) is 1.86. The number of nitrogens with one attached hydrogen (secondary N) is 1. The number of benzene rings is 1. The monoisotopic (exact) mass is 189 g/mol. The molecule has 1 heterocycles. The van der Waals surface area contributed by atoms with E-state index >= 15 is 0 Å². The summed E-state index contributed by atoms with van der Waals surface area (Å²) in [5, 5.41) is 2.91. The normalized spacial score (nSPS) is 19.7. The molecule has 0 aliphatic carbocycles. The molecule has 1 atom stereocenters. The fraction of sp³-hybridized carbons (Fsp3) is 0.417. The van der Waals surface area contributed by atoms with E-state index in [9.17, 15) is 4.79 Å². The van der Waals surface area contributed by atoms with Crippen LogP contribution in [0.2, 0.25) is 0 Å². The van der Waals surface area contributed by atoms with E-state index in [1.807, 2.05) is 13.0 Å². The Kier molecular flexibility index (Phi) is 2.06. The van der Waals surface area contributed by atoms with Crippen LogP contribution in [0.15, 0.2) is 18.2 Å². The van der Waals surface area contributed by atoms with Crippen molar-refractivity contribution in [3.05, 3.63) is 34.9 Å². The molecule has 2 nitrogen and oxygen atoms in total. The number of hydrogen-bond donors (Lipinski definition) is 1. The van der Waals surface area contributed by atoms with Gasteiger partial charge in [-0.15, -0.1) is 0 Å². The average molecular weight is 189 g/mol. The molecule has 0 saturated heterocycles. The molecular weight excluding hydrogens is 174 g/mol. The van der Waals surface area contributed by atoms with E-state index in [0.717, 1.165) is 11.1 Å². The molecule has 0 spiro atoms. The molecule has 0 unspecified atom stereocenters. The van der Waals surface area contributed by atoms with Crippen LogP contribution < -0.4 is 5.32 Å². The van der Waals surface area contributed by atoms with Crippen molar-refractivity contribution in [2.24, 2.45) is 0 Å². The highest BCUT2D eigenvalue weighted by atomic mass is 16.2. The smallest absolute Gasteiger partial charge is 0.252 e. The Bertz CT molecular complexity index is 382. The number of carbonyl (C=O) groups is 1. The van der Waals surface area contributed by atoms with Crippen molar-refractivity contribution >= 4 is 5.91 Å². The van der Waals surface area contributed by atoms with Crippen LogP contribution in [-0.4, -0.2) is 5.91 Å². The van der Waals surface area contributed by atoms with Gasteiger partial charge in [-0.2, -0.15) is 0 Å². The molecule has 0 radical (unpaired) electrons. The zero-order valence-electron chi connectivity index (χ0n) is 8.79. The minimum atomic E-state index is 0.0648. The summed E-state index contributed by atoms with van der Waals surface area (Å²) in [6, 6.07) is 6.35. The van der Waals surface area contributed by atoms with E-state index in [4.69, 9.17) is 0 Å². The van der Waals surface area contributed by atoms with Crippen molar-refractivity contribution < 1.29 is 4.79 Å². The van der Waals surface area contributed by atoms with Crippen LogP contribution in [0.25, 0.3) is 0 Å². The lowest BCUT2D eigenvalue weighted by Crippen LogP contribution is -2.16. The third-order valence-corrected chi connectivity index (χ3v) is 2.80. The molecule has 2 heteroatoms. The molecule has 0 saturated carbocycles. The first-order valence-corrected chi connectivity index (χ1v) is 5.04. The zero-order valence-corrected chi connectivity index (χ0v) is 8.79. The van der Waals surface area contributed by atoms with Crippen LogP contribution in [0.4, 0.5) is 0 Å². The summed E-state index contributed by atoms with van der Waals surface area (Å²) in [5.74, 6) is 0.541. The van der Waals surface area contributed by atoms with E-state index in [1.54, 1.807) is 0 Å². The maximum Gasteiger partial charge on any atom is 0.252 e. The maximum absolute atomic E-state index is 11.5. The first kappa shape index (κ1) is 9.25. The van der Waals surface area contributed by atoms with Crippen molar-refractivity contribution in [3.8, 4) is 0 Å². The molecule has 1 aromatic rings.